The zero-order chi connectivity index (χ0) is 7.78. The maximum absolute atomic E-state index is 11.7. The third-order valence-electron chi connectivity index (χ3n) is 1.39. The molecule has 58 valence electrons. The van der Waals surface area contributed by atoms with E-state index in [4.69, 9.17) is 0 Å². The number of alkyl halides is 3. The lowest BCUT2D eigenvalue weighted by molar-refractivity contribution is -0.154. The summed E-state index contributed by atoms with van der Waals surface area (Å²) in [6.07, 6.45) is -4.40. The van der Waals surface area contributed by atoms with Crippen molar-refractivity contribution in [1.29, 1.82) is 0 Å². The van der Waals surface area contributed by atoms with Gasteiger partial charge in [-0.05, 0) is 6.42 Å². The lowest BCUT2D eigenvalue weighted by atomic mass is 10.2. The Balaban J connectivity index is 2.53. The van der Waals surface area contributed by atoms with Crippen molar-refractivity contribution in [2.45, 2.75) is 25.1 Å². The summed E-state index contributed by atoms with van der Waals surface area (Å²) in [6.45, 7) is 0. The standard InChI is InChI=1S/C5H6F3NO/c6-5(7,8)3-1-2-4(10)9-3/h3H,1-2H2,(H,9,10)/t3-/m0/s1. The number of nitrogens with one attached hydrogen (secondary N) is 1. The molecule has 1 heterocycles. The minimum Gasteiger partial charge on any atom is -0.344 e. The molecular formula is C5H6F3NO. The highest BCUT2D eigenvalue weighted by Gasteiger charge is 2.43. The van der Waals surface area contributed by atoms with Crippen molar-refractivity contribution in [2.24, 2.45) is 0 Å². The number of rotatable bonds is 0. The summed E-state index contributed by atoms with van der Waals surface area (Å²) in [5.74, 6) is -0.512. The molecule has 0 radical (unpaired) electrons. The first-order valence-corrected chi connectivity index (χ1v) is 2.86. The summed E-state index contributed by atoms with van der Waals surface area (Å²) in [6, 6.07) is -1.61. The van der Waals surface area contributed by atoms with E-state index in [1.54, 1.807) is 0 Å². The molecule has 1 fully saturated rings. The fraction of sp³-hybridized carbons (Fsp3) is 0.800. The normalized spacial score (nSPS) is 26.7. The van der Waals surface area contributed by atoms with Crippen LogP contribution in [-0.2, 0) is 4.79 Å². The Morgan fingerprint density at radius 3 is 2.30 bits per heavy atom. The average molecular weight is 153 g/mol. The molecule has 0 bridgehead atoms. The van der Waals surface area contributed by atoms with Crippen molar-refractivity contribution in [2.75, 3.05) is 0 Å². The van der Waals surface area contributed by atoms with Crippen LogP contribution in [0.5, 0.6) is 0 Å². The van der Waals surface area contributed by atoms with E-state index in [1.165, 1.54) is 0 Å². The summed E-state index contributed by atoms with van der Waals surface area (Å²) >= 11 is 0. The molecule has 0 aliphatic carbocycles. The molecule has 1 aliphatic rings. The van der Waals surface area contributed by atoms with E-state index in [1.807, 2.05) is 5.32 Å². The van der Waals surface area contributed by atoms with Crippen LogP contribution < -0.4 is 5.32 Å². The number of carbonyl (C=O) groups is 1. The molecular weight excluding hydrogens is 147 g/mol. The predicted molar refractivity (Wildman–Crippen MR) is 27.2 cm³/mol. The largest absolute Gasteiger partial charge is 0.408 e. The number of carbonyl (C=O) groups excluding carboxylic acids is 1. The Labute approximate surface area is 55.4 Å². The van der Waals surface area contributed by atoms with Crippen molar-refractivity contribution in [3.8, 4) is 0 Å². The molecule has 0 aromatic carbocycles. The number of hydrogen-bond donors (Lipinski definition) is 1. The molecule has 0 saturated carbocycles. The smallest absolute Gasteiger partial charge is 0.344 e. The van der Waals surface area contributed by atoms with Gasteiger partial charge < -0.3 is 5.32 Å². The van der Waals surface area contributed by atoms with Gasteiger partial charge >= 0.3 is 6.18 Å². The van der Waals surface area contributed by atoms with E-state index in [2.05, 4.69) is 0 Å². The third kappa shape index (κ3) is 1.40. The van der Waals surface area contributed by atoms with Crippen molar-refractivity contribution >= 4 is 5.91 Å². The monoisotopic (exact) mass is 153 g/mol. The topological polar surface area (TPSA) is 29.1 Å². The molecule has 0 unspecified atom stereocenters. The van der Waals surface area contributed by atoms with Crippen molar-refractivity contribution in [3.05, 3.63) is 0 Å². The molecule has 2 nitrogen and oxygen atoms in total. The van der Waals surface area contributed by atoms with Crippen LogP contribution in [0, 0.1) is 0 Å². The van der Waals surface area contributed by atoms with Crippen LogP contribution in [0.25, 0.3) is 0 Å². The molecule has 1 atom stereocenters. The van der Waals surface area contributed by atoms with Crippen molar-refractivity contribution in [1.82, 2.24) is 5.32 Å². The summed E-state index contributed by atoms with van der Waals surface area (Å²) in [5, 5.41) is 1.83. The van der Waals surface area contributed by atoms with Crippen LogP contribution in [0.2, 0.25) is 0 Å². The zero-order valence-electron chi connectivity index (χ0n) is 5.03. The Kier molecular flexibility index (Phi) is 1.58. The minimum atomic E-state index is -4.27. The van der Waals surface area contributed by atoms with E-state index < -0.39 is 18.1 Å². The molecule has 0 aromatic heterocycles. The van der Waals surface area contributed by atoms with Gasteiger partial charge in [-0.15, -0.1) is 0 Å². The van der Waals surface area contributed by atoms with Crippen LogP contribution in [-0.4, -0.2) is 18.1 Å². The Morgan fingerprint density at radius 1 is 1.50 bits per heavy atom. The lowest BCUT2D eigenvalue weighted by Gasteiger charge is -2.12. The highest BCUT2D eigenvalue weighted by atomic mass is 19.4. The van der Waals surface area contributed by atoms with Gasteiger partial charge in [0, 0.05) is 6.42 Å². The van der Waals surface area contributed by atoms with Gasteiger partial charge in [-0.3, -0.25) is 4.79 Å². The van der Waals surface area contributed by atoms with Crippen LogP contribution in [0.4, 0.5) is 13.2 Å². The number of hydrogen-bond acceptors (Lipinski definition) is 1. The highest BCUT2D eigenvalue weighted by molar-refractivity contribution is 5.78. The van der Waals surface area contributed by atoms with Gasteiger partial charge in [0.15, 0.2) is 0 Å². The van der Waals surface area contributed by atoms with E-state index in [0.29, 0.717) is 0 Å². The number of amides is 1. The Bertz CT molecular complexity index is 153. The molecule has 0 spiro atoms. The van der Waals surface area contributed by atoms with Gasteiger partial charge in [-0.1, -0.05) is 0 Å². The first-order valence-electron chi connectivity index (χ1n) is 2.86. The molecule has 1 amide bonds. The average Bonchev–Trinajstić information content (AvgIpc) is 2.11. The first kappa shape index (κ1) is 7.37. The molecule has 10 heavy (non-hydrogen) atoms. The molecule has 5 heteroatoms. The van der Waals surface area contributed by atoms with Crippen LogP contribution in [0.15, 0.2) is 0 Å². The van der Waals surface area contributed by atoms with Crippen molar-refractivity contribution in [3.63, 3.8) is 0 Å². The first-order chi connectivity index (χ1) is 4.50. The fourth-order valence-electron chi connectivity index (χ4n) is 0.860. The van der Waals surface area contributed by atoms with Gasteiger partial charge in [-0.25, -0.2) is 0 Å². The van der Waals surface area contributed by atoms with Gasteiger partial charge in [0.05, 0.1) is 0 Å². The second kappa shape index (κ2) is 2.14. The van der Waals surface area contributed by atoms with Crippen molar-refractivity contribution < 1.29 is 18.0 Å². The molecule has 1 N–H and O–H groups in total. The minimum absolute atomic E-state index is 0.00975. The molecule has 1 saturated heterocycles. The molecule has 0 aromatic rings. The number of halogens is 3. The zero-order valence-corrected chi connectivity index (χ0v) is 5.03. The predicted octanol–water partition coefficient (Wildman–Crippen LogP) is 0.827. The lowest BCUT2D eigenvalue weighted by Crippen LogP contribution is -2.38. The SMILES string of the molecule is O=C1CC[C@@H](C(F)(F)F)N1. The van der Waals surface area contributed by atoms with Gasteiger partial charge in [-0.2, -0.15) is 13.2 Å². The third-order valence-corrected chi connectivity index (χ3v) is 1.39. The summed E-state index contributed by atoms with van der Waals surface area (Å²) in [5.41, 5.74) is 0. The summed E-state index contributed by atoms with van der Waals surface area (Å²) in [4.78, 5) is 10.3. The van der Waals surface area contributed by atoms with Gasteiger partial charge in [0.1, 0.15) is 6.04 Å². The maximum atomic E-state index is 11.7. The fourth-order valence-corrected chi connectivity index (χ4v) is 0.860. The van der Waals surface area contributed by atoms with Gasteiger partial charge in [0.25, 0.3) is 0 Å². The Hall–Kier alpha value is -0.740. The highest BCUT2D eigenvalue weighted by Crippen LogP contribution is 2.26. The van der Waals surface area contributed by atoms with Crippen LogP contribution in [0.3, 0.4) is 0 Å². The molecule has 1 aliphatic heterocycles. The van der Waals surface area contributed by atoms with Crippen LogP contribution >= 0.6 is 0 Å². The Morgan fingerprint density at radius 2 is 2.10 bits per heavy atom. The van der Waals surface area contributed by atoms with E-state index in [9.17, 15) is 18.0 Å². The van der Waals surface area contributed by atoms with E-state index >= 15 is 0 Å². The maximum Gasteiger partial charge on any atom is 0.408 e. The second-order valence-electron chi connectivity index (χ2n) is 2.20. The summed E-state index contributed by atoms with van der Waals surface area (Å²) in [7, 11) is 0. The quantitative estimate of drug-likeness (QED) is 0.548. The van der Waals surface area contributed by atoms with Gasteiger partial charge in [0.2, 0.25) is 5.91 Å². The molecule has 1 rings (SSSR count). The summed E-state index contributed by atoms with van der Waals surface area (Å²) < 4.78 is 35.2. The van der Waals surface area contributed by atoms with Crippen LogP contribution in [0.1, 0.15) is 12.8 Å². The second-order valence-corrected chi connectivity index (χ2v) is 2.20. The van der Waals surface area contributed by atoms with E-state index in [-0.39, 0.29) is 12.8 Å². The van der Waals surface area contributed by atoms with E-state index in [0.717, 1.165) is 0 Å².